The van der Waals surface area contributed by atoms with E-state index in [0.717, 1.165) is 12.8 Å². The number of aliphatic carboxylic acids is 1. The number of rotatable bonds is 9. The summed E-state index contributed by atoms with van der Waals surface area (Å²) in [6, 6.07) is 4.51. The number of nitrogens with zero attached hydrogens (tertiary/aromatic N) is 6. The highest BCUT2D eigenvalue weighted by Crippen LogP contribution is 2.32. The molecule has 0 saturated carbocycles. The zero-order valence-corrected chi connectivity index (χ0v) is 23.4. The van der Waals surface area contributed by atoms with Gasteiger partial charge in [-0.1, -0.05) is 11.6 Å². The maximum absolute atomic E-state index is 12.8. The molecule has 0 radical (unpaired) electrons. The molecule has 220 valence electrons. The predicted molar refractivity (Wildman–Crippen MR) is 148 cm³/mol. The van der Waals surface area contributed by atoms with Gasteiger partial charge in [-0.15, -0.1) is 0 Å². The number of hydrogen-bond donors (Lipinski definition) is 4. The van der Waals surface area contributed by atoms with Crippen molar-refractivity contribution in [1.29, 1.82) is 0 Å². The van der Waals surface area contributed by atoms with Crippen LogP contribution in [0.2, 0.25) is 5.02 Å². The van der Waals surface area contributed by atoms with Gasteiger partial charge in [0.2, 0.25) is 0 Å². The number of piperidine rings is 1. The molecule has 2 aliphatic rings. The monoisotopic (exact) mass is 588 g/mol. The van der Waals surface area contributed by atoms with Gasteiger partial charge in [0.15, 0.2) is 35.9 Å². The molecule has 3 aromatic rings. The van der Waals surface area contributed by atoms with Gasteiger partial charge in [0.05, 0.1) is 12.4 Å². The number of aromatic nitrogens is 4. The smallest absolute Gasteiger partial charge is 0.334 e. The molecule has 5 N–H and O–H groups in total. The molecule has 1 aromatic carbocycles. The summed E-state index contributed by atoms with van der Waals surface area (Å²) in [4.78, 5) is 41.2. The summed E-state index contributed by atoms with van der Waals surface area (Å²) in [6.45, 7) is 1.54. The van der Waals surface area contributed by atoms with E-state index in [1.807, 2.05) is 4.90 Å². The van der Waals surface area contributed by atoms with Gasteiger partial charge in [-0.05, 0) is 45.1 Å². The van der Waals surface area contributed by atoms with Crippen LogP contribution in [0.25, 0.3) is 11.2 Å². The van der Waals surface area contributed by atoms with Crippen LogP contribution in [-0.2, 0) is 20.9 Å². The number of fused-ring (bicyclic) bond motifs is 1. The number of likely N-dealkylation sites (tertiary alicyclic amines) is 1. The minimum absolute atomic E-state index is 0.0692. The number of carboxylic acids is 1. The largest absolute Gasteiger partial charge is 0.483 e. The Balaban J connectivity index is 1.26. The molecule has 1 amide bonds. The number of imidazole rings is 1. The van der Waals surface area contributed by atoms with Gasteiger partial charge >= 0.3 is 5.97 Å². The van der Waals surface area contributed by atoms with E-state index < -0.39 is 30.4 Å². The molecule has 2 aliphatic heterocycles. The summed E-state index contributed by atoms with van der Waals surface area (Å²) in [5, 5.41) is 23.6. The average Bonchev–Trinajstić information content (AvgIpc) is 3.52. The van der Waals surface area contributed by atoms with Crippen molar-refractivity contribution in [3.8, 4) is 5.75 Å². The molecule has 2 fully saturated rings. The molecule has 41 heavy (non-hydrogen) atoms. The van der Waals surface area contributed by atoms with Crippen LogP contribution < -0.4 is 15.8 Å². The molecule has 5 rings (SSSR count). The minimum Gasteiger partial charge on any atom is -0.483 e. The lowest BCUT2D eigenvalue weighted by molar-refractivity contribution is -0.152. The third kappa shape index (κ3) is 6.06. The maximum atomic E-state index is 12.8. The zero-order chi connectivity index (χ0) is 29.3. The number of aliphatic hydroxyl groups is 1. The van der Waals surface area contributed by atoms with Gasteiger partial charge in [-0.25, -0.2) is 19.7 Å². The lowest BCUT2D eigenvalue weighted by Crippen LogP contribution is -2.45. The van der Waals surface area contributed by atoms with Crippen LogP contribution in [0.3, 0.4) is 0 Å². The van der Waals surface area contributed by atoms with Gasteiger partial charge in [0.1, 0.15) is 18.2 Å². The van der Waals surface area contributed by atoms with Gasteiger partial charge in [-0.3, -0.25) is 9.36 Å². The number of carbonyl (C=O) groups excluding carboxylic acids is 1. The van der Waals surface area contributed by atoms with E-state index in [1.54, 1.807) is 18.2 Å². The molecule has 2 aromatic heterocycles. The van der Waals surface area contributed by atoms with E-state index in [9.17, 15) is 19.8 Å². The van der Waals surface area contributed by atoms with Crippen molar-refractivity contribution in [2.75, 3.05) is 39.1 Å². The third-order valence-corrected chi connectivity index (χ3v) is 7.80. The van der Waals surface area contributed by atoms with Crippen LogP contribution in [0.1, 0.15) is 24.6 Å². The molecule has 0 bridgehead atoms. The first-order valence-electron chi connectivity index (χ1n) is 13.2. The number of aliphatic hydroxyl groups excluding tert-OH is 1. The number of ether oxygens (including phenoxy) is 2. The molecule has 0 spiro atoms. The molecular formula is C26H33ClN8O6. The summed E-state index contributed by atoms with van der Waals surface area (Å²) < 4.78 is 12.9. The van der Waals surface area contributed by atoms with Gasteiger partial charge in [0, 0.05) is 36.3 Å². The Kier molecular flexibility index (Phi) is 8.56. The van der Waals surface area contributed by atoms with Crippen LogP contribution >= 0.6 is 11.6 Å². The number of halogens is 1. The molecule has 4 heterocycles. The fraction of sp³-hybridized carbons (Fsp3) is 0.500. The number of benzene rings is 1. The van der Waals surface area contributed by atoms with Gasteiger partial charge in [0.25, 0.3) is 5.91 Å². The predicted octanol–water partition coefficient (Wildman–Crippen LogP) is 0.693. The standard InChI is InChI=1S/C26H33ClN8O6/c1-33(2)16-5-7-34(8-6-16)18(36)11-40-17-4-3-15(27)9-14(17)10-29-23-20-24(31-12-30-23)35(13-32-20)25-21(37)19(28)22(41-25)26(38)39/h3-4,9,12-13,16,19,21-22,25,37H,5-8,10-11,28H2,1-2H3,(H,38,39)(H,29,30,31). The van der Waals surface area contributed by atoms with Crippen molar-refractivity contribution in [2.45, 2.75) is 49.9 Å². The summed E-state index contributed by atoms with van der Waals surface area (Å²) in [5.41, 5.74) is 7.24. The summed E-state index contributed by atoms with van der Waals surface area (Å²) in [5.74, 6) is -0.451. The Morgan fingerprint density at radius 1 is 1.24 bits per heavy atom. The van der Waals surface area contributed by atoms with E-state index in [0.29, 0.717) is 52.4 Å². The molecule has 0 aliphatic carbocycles. The lowest BCUT2D eigenvalue weighted by Gasteiger charge is -2.35. The SMILES string of the molecule is CN(C)C1CCN(C(=O)COc2ccc(Cl)cc2CNc2ncnc3c2ncn3C2OC(C(=O)O)C(N)C2O)CC1. The average molecular weight is 589 g/mol. The van der Waals surface area contributed by atoms with E-state index in [2.05, 4.69) is 39.3 Å². The zero-order valence-electron chi connectivity index (χ0n) is 22.7. The first kappa shape index (κ1) is 29.0. The molecule has 15 heteroatoms. The van der Waals surface area contributed by atoms with Crippen molar-refractivity contribution < 1.29 is 29.3 Å². The number of nitrogens with one attached hydrogen (secondary N) is 1. The Morgan fingerprint density at radius 2 is 2.00 bits per heavy atom. The van der Waals surface area contributed by atoms with E-state index >= 15 is 0 Å². The summed E-state index contributed by atoms with van der Waals surface area (Å²) in [7, 11) is 4.11. The van der Waals surface area contributed by atoms with Crippen molar-refractivity contribution in [3.05, 3.63) is 41.4 Å². The summed E-state index contributed by atoms with van der Waals surface area (Å²) >= 11 is 6.26. The number of amides is 1. The fourth-order valence-electron chi connectivity index (χ4n) is 5.18. The molecular weight excluding hydrogens is 556 g/mol. The topological polar surface area (TPSA) is 181 Å². The first-order valence-corrected chi connectivity index (χ1v) is 13.6. The number of hydrogen-bond acceptors (Lipinski definition) is 11. The quantitative estimate of drug-likeness (QED) is 0.275. The van der Waals surface area contributed by atoms with Gasteiger partial charge < -0.3 is 40.5 Å². The fourth-order valence-corrected chi connectivity index (χ4v) is 5.37. The second-order valence-corrected chi connectivity index (χ2v) is 10.8. The highest BCUT2D eigenvalue weighted by atomic mass is 35.5. The Bertz CT molecular complexity index is 1410. The highest BCUT2D eigenvalue weighted by Gasteiger charge is 2.46. The molecule has 4 unspecified atom stereocenters. The molecule has 14 nitrogen and oxygen atoms in total. The van der Waals surface area contributed by atoms with Crippen LogP contribution in [0.4, 0.5) is 5.82 Å². The van der Waals surface area contributed by atoms with Crippen molar-refractivity contribution >= 4 is 40.5 Å². The number of nitrogens with two attached hydrogens (primary N) is 1. The molecule has 4 atom stereocenters. The van der Waals surface area contributed by atoms with Gasteiger partial charge in [-0.2, -0.15) is 0 Å². The van der Waals surface area contributed by atoms with Crippen molar-refractivity contribution in [3.63, 3.8) is 0 Å². The number of carbonyl (C=O) groups is 2. The van der Waals surface area contributed by atoms with Crippen LogP contribution in [0.5, 0.6) is 5.75 Å². The maximum Gasteiger partial charge on any atom is 0.334 e. The highest BCUT2D eigenvalue weighted by molar-refractivity contribution is 6.30. The first-order chi connectivity index (χ1) is 19.6. The van der Waals surface area contributed by atoms with Crippen molar-refractivity contribution in [1.82, 2.24) is 29.3 Å². The number of carboxylic acid groups (broad SMARTS) is 1. The Labute approximate surface area is 241 Å². The van der Waals surface area contributed by atoms with Crippen molar-refractivity contribution in [2.24, 2.45) is 5.73 Å². The normalized spacial score (nSPS) is 23.3. The van der Waals surface area contributed by atoms with Crippen LogP contribution in [0.15, 0.2) is 30.9 Å². The minimum atomic E-state index is -1.37. The Hall–Kier alpha value is -3.56. The van der Waals surface area contributed by atoms with E-state index in [4.69, 9.17) is 26.8 Å². The second kappa shape index (κ2) is 12.1. The molecule has 2 saturated heterocycles. The van der Waals surface area contributed by atoms with Crippen LogP contribution in [-0.4, -0.2) is 109 Å². The second-order valence-electron chi connectivity index (χ2n) is 10.4. The summed E-state index contributed by atoms with van der Waals surface area (Å²) in [6.07, 6.45) is 0.812. The lowest BCUT2D eigenvalue weighted by atomic mass is 10.0. The van der Waals surface area contributed by atoms with E-state index in [1.165, 1.54) is 17.2 Å². The Morgan fingerprint density at radius 3 is 2.68 bits per heavy atom. The van der Waals surface area contributed by atoms with E-state index in [-0.39, 0.29) is 19.1 Å². The van der Waals surface area contributed by atoms with Crippen LogP contribution in [0, 0.1) is 0 Å². The third-order valence-electron chi connectivity index (χ3n) is 7.57. The number of anilines is 1.